The largest absolute Gasteiger partial charge is 0.477 e. The monoisotopic (exact) mass is 567 g/mol. The molecule has 240 valence electrons. The molecule has 3 heteroatoms. The fraction of sp³-hybridized carbons (Fsp3) is 0.973. The topological polar surface area (TPSA) is 37.3 Å². The van der Waals surface area contributed by atoms with E-state index in [1.54, 1.807) is 0 Å². The van der Waals surface area contributed by atoms with Crippen molar-refractivity contribution in [3.05, 3.63) is 0 Å². The standard InChI is InChI=1S/C37H75NO2/c1-5-9-13-17-18-19-20-21-22-23-24-25-26-27-28-32-36(37(39)40)38(33-29-14-10-6-2,34-30-15-11-7-3)35-31-16-12-8-4/h36H,5-35H2,1-4H3/p+1. The molecular weight excluding hydrogens is 490 g/mol. The molecule has 1 N–H and O–H groups in total. The predicted octanol–water partition coefficient (Wildman–Crippen LogP) is 12.3. The van der Waals surface area contributed by atoms with Crippen LogP contribution >= 0.6 is 0 Å². The first kappa shape index (κ1) is 39.4. The first-order valence-corrected chi connectivity index (χ1v) is 18.7. The van der Waals surface area contributed by atoms with Crippen LogP contribution in [0.5, 0.6) is 0 Å². The van der Waals surface area contributed by atoms with Gasteiger partial charge in [0, 0.05) is 6.42 Å². The second kappa shape index (κ2) is 29.9. The molecule has 0 aromatic rings. The molecule has 0 aliphatic rings. The summed E-state index contributed by atoms with van der Waals surface area (Å²) in [5, 5.41) is 10.5. The second-order valence-electron chi connectivity index (χ2n) is 13.2. The highest BCUT2D eigenvalue weighted by atomic mass is 16.4. The first-order valence-electron chi connectivity index (χ1n) is 18.7. The molecule has 0 saturated carbocycles. The molecular formula is C37H76NO2+. The first-order chi connectivity index (χ1) is 19.6. The normalized spacial score (nSPS) is 12.7. The molecule has 0 aliphatic carbocycles. The number of quaternary nitrogens is 1. The zero-order chi connectivity index (χ0) is 29.6. The van der Waals surface area contributed by atoms with E-state index in [1.807, 2.05) is 0 Å². The molecule has 0 radical (unpaired) electrons. The van der Waals surface area contributed by atoms with E-state index in [1.165, 1.54) is 167 Å². The average molecular weight is 567 g/mol. The van der Waals surface area contributed by atoms with Crippen molar-refractivity contribution in [2.45, 2.75) is 214 Å². The number of nitrogens with zero attached hydrogens (tertiary/aromatic N) is 1. The number of aliphatic carboxylic acids is 1. The van der Waals surface area contributed by atoms with Crippen LogP contribution in [0.15, 0.2) is 0 Å². The van der Waals surface area contributed by atoms with Crippen LogP contribution in [0.2, 0.25) is 0 Å². The maximum absolute atomic E-state index is 12.8. The molecule has 0 saturated heterocycles. The van der Waals surface area contributed by atoms with Crippen LogP contribution < -0.4 is 0 Å². The molecule has 0 fully saturated rings. The van der Waals surface area contributed by atoms with Gasteiger partial charge in [0.1, 0.15) is 0 Å². The van der Waals surface area contributed by atoms with E-state index in [0.29, 0.717) is 0 Å². The van der Waals surface area contributed by atoms with E-state index in [9.17, 15) is 9.90 Å². The van der Waals surface area contributed by atoms with Gasteiger partial charge in [-0.3, -0.25) is 0 Å². The highest BCUT2D eigenvalue weighted by Crippen LogP contribution is 2.26. The Hall–Kier alpha value is -0.570. The summed E-state index contributed by atoms with van der Waals surface area (Å²) < 4.78 is 0.866. The van der Waals surface area contributed by atoms with Gasteiger partial charge in [0.2, 0.25) is 0 Å². The maximum atomic E-state index is 12.8. The van der Waals surface area contributed by atoms with E-state index < -0.39 is 5.97 Å². The average Bonchev–Trinajstić information content (AvgIpc) is 2.95. The highest BCUT2D eigenvalue weighted by molar-refractivity contribution is 5.72. The molecule has 0 rings (SSSR count). The van der Waals surface area contributed by atoms with Gasteiger partial charge < -0.3 is 9.59 Å². The van der Waals surface area contributed by atoms with Crippen LogP contribution in [0.1, 0.15) is 207 Å². The van der Waals surface area contributed by atoms with Crippen LogP contribution in [0.4, 0.5) is 0 Å². The van der Waals surface area contributed by atoms with Crippen LogP contribution in [0.3, 0.4) is 0 Å². The summed E-state index contributed by atoms with van der Waals surface area (Å²) >= 11 is 0. The molecule has 0 aromatic carbocycles. The Morgan fingerprint density at radius 3 is 0.950 bits per heavy atom. The van der Waals surface area contributed by atoms with Crippen molar-refractivity contribution in [3.63, 3.8) is 0 Å². The zero-order valence-electron chi connectivity index (χ0n) is 28.3. The van der Waals surface area contributed by atoms with Gasteiger partial charge >= 0.3 is 5.97 Å². The minimum Gasteiger partial charge on any atom is -0.477 e. The molecule has 1 unspecified atom stereocenters. The van der Waals surface area contributed by atoms with Crippen LogP contribution in [-0.2, 0) is 4.79 Å². The lowest BCUT2D eigenvalue weighted by Gasteiger charge is -2.44. The van der Waals surface area contributed by atoms with Gasteiger partial charge in [0.25, 0.3) is 0 Å². The molecule has 0 aromatic heterocycles. The van der Waals surface area contributed by atoms with Gasteiger partial charge in [-0.2, -0.15) is 0 Å². The highest BCUT2D eigenvalue weighted by Gasteiger charge is 2.40. The van der Waals surface area contributed by atoms with Crippen molar-refractivity contribution in [3.8, 4) is 0 Å². The summed E-state index contributed by atoms with van der Waals surface area (Å²) in [4.78, 5) is 12.8. The fourth-order valence-electron chi connectivity index (χ4n) is 6.70. The van der Waals surface area contributed by atoms with Crippen molar-refractivity contribution in [2.24, 2.45) is 0 Å². The third-order valence-corrected chi connectivity index (χ3v) is 9.40. The van der Waals surface area contributed by atoms with Crippen LogP contribution in [0, 0.1) is 0 Å². The number of hydrogen-bond acceptors (Lipinski definition) is 1. The lowest BCUT2D eigenvalue weighted by molar-refractivity contribution is -0.944. The predicted molar refractivity (Wildman–Crippen MR) is 178 cm³/mol. The maximum Gasteiger partial charge on any atom is 0.362 e. The zero-order valence-corrected chi connectivity index (χ0v) is 28.3. The molecule has 0 spiro atoms. The van der Waals surface area contributed by atoms with Gasteiger partial charge in [-0.25, -0.2) is 4.79 Å². The molecule has 0 bridgehead atoms. The molecule has 1 atom stereocenters. The van der Waals surface area contributed by atoms with E-state index in [4.69, 9.17) is 0 Å². The number of unbranched alkanes of at least 4 members (excludes halogenated alkanes) is 23. The van der Waals surface area contributed by atoms with Crippen molar-refractivity contribution < 1.29 is 14.4 Å². The summed E-state index contributed by atoms with van der Waals surface area (Å²) in [6.07, 6.45) is 36.2. The van der Waals surface area contributed by atoms with Gasteiger partial charge in [0.05, 0.1) is 19.6 Å². The Morgan fingerprint density at radius 1 is 0.425 bits per heavy atom. The van der Waals surface area contributed by atoms with E-state index in [0.717, 1.165) is 37.0 Å². The lowest BCUT2D eigenvalue weighted by atomic mass is 9.98. The quantitative estimate of drug-likeness (QED) is 0.0633. The number of rotatable bonds is 33. The van der Waals surface area contributed by atoms with Gasteiger partial charge in [-0.15, -0.1) is 0 Å². The SMILES string of the molecule is CCCCCCCCCCCCCCCCCC(C(=O)O)[N+](CCCCCC)(CCCCCC)CCCCCC. The molecule has 40 heavy (non-hydrogen) atoms. The Labute approximate surface area is 253 Å². The molecule has 0 heterocycles. The number of carboxylic acids is 1. The fourth-order valence-corrected chi connectivity index (χ4v) is 6.70. The molecule has 0 aliphatic heterocycles. The van der Waals surface area contributed by atoms with E-state index in [-0.39, 0.29) is 6.04 Å². The van der Waals surface area contributed by atoms with E-state index in [2.05, 4.69) is 27.7 Å². The van der Waals surface area contributed by atoms with Crippen LogP contribution in [0.25, 0.3) is 0 Å². The number of carbonyl (C=O) groups is 1. The Bertz CT molecular complexity index is 489. The summed E-state index contributed by atoms with van der Waals surface area (Å²) in [5.74, 6) is -0.521. The van der Waals surface area contributed by atoms with Crippen molar-refractivity contribution in [1.29, 1.82) is 0 Å². The lowest BCUT2D eigenvalue weighted by Crippen LogP contribution is -2.60. The molecule has 3 nitrogen and oxygen atoms in total. The van der Waals surface area contributed by atoms with Crippen LogP contribution in [-0.4, -0.2) is 41.2 Å². The Kier molecular flexibility index (Phi) is 29.5. The number of hydrogen-bond donors (Lipinski definition) is 1. The Balaban J connectivity index is 4.65. The summed E-state index contributed by atoms with van der Waals surface area (Å²) in [5.41, 5.74) is 0. The van der Waals surface area contributed by atoms with Crippen molar-refractivity contribution >= 4 is 5.97 Å². The third-order valence-electron chi connectivity index (χ3n) is 9.40. The minimum atomic E-state index is -0.521. The smallest absolute Gasteiger partial charge is 0.362 e. The molecule has 0 amide bonds. The van der Waals surface area contributed by atoms with Gasteiger partial charge in [-0.05, 0) is 44.9 Å². The van der Waals surface area contributed by atoms with Crippen molar-refractivity contribution in [1.82, 2.24) is 0 Å². The van der Waals surface area contributed by atoms with Gasteiger partial charge in [-0.1, -0.05) is 156 Å². The second-order valence-corrected chi connectivity index (χ2v) is 13.2. The Morgan fingerprint density at radius 2 is 0.675 bits per heavy atom. The minimum absolute atomic E-state index is 0.202. The summed E-state index contributed by atoms with van der Waals surface area (Å²) in [6, 6.07) is -0.202. The summed E-state index contributed by atoms with van der Waals surface area (Å²) in [6.45, 7) is 12.3. The third kappa shape index (κ3) is 22.1. The summed E-state index contributed by atoms with van der Waals surface area (Å²) in [7, 11) is 0. The van der Waals surface area contributed by atoms with E-state index >= 15 is 0 Å². The van der Waals surface area contributed by atoms with Gasteiger partial charge in [0.15, 0.2) is 6.04 Å². The number of carboxylic acid groups (broad SMARTS) is 1. The van der Waals surface area contributed by atoms with Crippen molar-refractivity contribution in [2.75, 3.05) is 19.6 Å².